The van der Waals surface area contributed by atoms with E-state index in [9.17, 15) is 4.79 Å². The van der Waals surface area contributed by atoms with Crippen molar-refractivity contribution in [2.75, 3.05) is 11.1 Å². The lowest BCUT2D eigenvalue weighted by Crippen LogP contribution is -2.11. The number of hydrogen-bond donors (Lipinski definition) is 2. The summed E-state index contributed by atoms with van der Waals surface area (Å²) in [6.07, 6.45) is 3.18. The van der Waals surface area contributed by atoms with Gasteiger partial charge in [0.1, 0.15) is 0 Å². The first-order valence-corrected chi connectivity index (χ1v) is 5.22. The molecule has 0 aliphatic heterocycles. The molecule has 0 bridgehead atoms. The Morgan fingerprint density at radius 2 is 2.24 bits per heavy atom. The summed E-state index contributed by atoms with van der Waals surface area (Å²) in [4.78, 5) is 11.8. The third kappa shape index (κ3) is 2.44. The molecular weight excluding hydrogens is 216 g/mol. The summed E-state index contributed by atoms with van der Waals surface area (Å²) in [5.41, 5.74) is 8.63. The number of aryl methyl sites for hydroxylation is 2. The Morgan fingerprint density at radius 1 is 1.47 bits per heavy atom. The third-order valence-corrected chi connectivity index (χ3v) is 2.50. The van der Waals surface area contributed by atoms with Crippen molar-refractivity contribution >= 4 is 17.3 Å². The Hall–Kier alpha value is -2.30. The largest absolute Gasteiger partial charge is 0.398 e. The number of benzene rings is 1. The van der Waals surface area contributed by atoms with Gasteiger partial charge in [-0.25, -0.2) is 0 Å². The quantitative estimate of drug-likeness (QED) is 0.769. The van der Waals surface area contributed by atoms with Crippen LogP contribution < -0.4 is 11.1 Å². The molecule has 1 aromatic carbocycles. The molecule has 2 aromatic rings. The molecule has 1 amide bonds. The predicted molar refractivity (Wildman–Crippen MR) is 66.8 cm³/mol. The standard InChI is InChI=1S/C12H14N4O/c1-8-3-4-10(5-11(8)13)15-12(17)9-6-14-16(2)7-9/h3-7H,13H2,1-2H3,(H,15,17). The second kappa shape index (κ2) is 4.29. The van der Waals surface area contributed by atoms with Crippen molar-refractivity contribution in [3.63, 3.8) is 0 Å². The zero-order chi connectivity index (χ0) is 12.4. The van der Waals surface area contributed by atoms with E-state index in [2.05, 4.69) is 10.4 Å². The highest BCUT2D eigenvalue weighted by Gasteiger charge is 2.08. The van der Waals surface area contributed by atoms with Gasteiger partial charge < -0.3 is 11.1 Å². The van der Waals surface area contributed by atoms with Gasteiger partial charge >= 0.3 is 0 Å². The Morgan fingerprint density at radius 3 is 2.82 bits per heavy atom. The van der Waals surface area contributed by atoms with Crippen molar-refractivity contribution in [3.05, 3.63) is 41.7 Å². The van der Waals surface area contributed by atoms with Gasteiger partial charge in [0.2, 0.25) is 0 Å². The molecule has 0 aliphatic carbocycles. The molecule has 1 aromatic heterocycles. The van der Waals surface area contributed by atoms with Crippen LogP contribution >= 0.6 is 0 Å². The summed E-state index contributed by atoms with van der Waals surface area (Å²) in [6, 6.07) is 5.43. The number of nitrogens with one attached hydrogen (secondary N) is 1. The zero-order valence-corrected chi connectivity index (χ0v) is 9.77. The Bertz CT molecular complexity index is 559. The van der Waals surface area contributed by atoms with Gasteiger partial charge in [0.05, 0.1) is 11.8 Å². The summed E-state index contributed by atoms with van der Waals surface area (Å²) in [5, 5.41) is 6.71. The SMILES string of the molecule is Cc1ccc(NC(=O)c2cnn(C)c2)cc1N. The topological polar surface area (TPSA) is 72.9 Å². The third-order valence-electron chi connectivity index (χ3n) is 2.50. The van der Waals surface area contributed by atoms with E-state index in [1.807, 2.05) is 19.1 Å². The maximum absolute atomic E-state index is 11.8. The van der Waals surface area contributed by atoms with Crippen molar-refractivity contribution in [2.24, 2.45) is 7.05 Å². The van der Waals surface area contributed by atoms with Crippen molar-refractivity contribution in [3.8, 4) is 0 Å². The normalized spacial score (nSPS) is 10.2. The van der Waals surface area contributed by atoms with Crippen LogP contribution in [0, 0.1) is 6.92 Å². The second-order valence-electron chi connectivity index (χ2n) is 3.93. The highest BCUT2D eigenvalue weighted by Crippen LogP contribution is 2.17. The van der Waals surface area contributed by atoms with Crippen LogP contribution in [0.5, 0.6) is 0 Å². The number of rotatable bonds is 2. The lowest BCUT2D eigenvalue weighted by molar-refractivity contribution is 0.102. The number of amides is 1. The monoisotopic (exact) mass is 230 g/mol. The number of carbonyl (C=O) groups excluding carboxylic acids is 1. The molecular formula is C12H14N4O. The smallest absolute Gasteiger partial charge is 0.258 e. The fraction of sp³-hybridized carbons (Fsp3) is 0.167. The summed E-state index contributed by atoms with van der Waals surface area (Å²) < 4.78 is 1.58. The first-order chi connectivity index (χ1) is 8.06. The van der Waals surface area contributed by atoms with Gasteiger partial charge in [-0.3, -0.25) is 9.48 Å². The molecule has 0 atom stereocenters. The van der Waals surface area contributed by atoms with Crippen LogP contribution in [0.1, 0.15) is 15.9 Å². The number of carbonyl (C=O) groups is 1. The number of anilines is 2. The van der Waals surface area contributed by atoms with Gasteiger partial charge in [-0.2, -0.15) is 5.10 Å². The van der Waals surface area contributed by atoms with Crippen molar-refractivity contribution in [2.45, 2.75) is 6.92 Å². The molecule has 0 spiro atoms. The van der Waals surface area contributed by atoms with Crippen LogP contribution in [-0.2, 0) is 7.05 Å². The number of nitrogens with two attached hydrogens (primary N) is 1. The first kappa shape index (κ1) is 11.2. The van der Waals surface area contributed by atoms with E-state index in [0.717, 1.165) is 5.56 Å². The van der Waals surface area contributed by atoms with Crippen LogP contribution in [0.2, 0.25) is 0 Å². The van der Waals surface area contributed by atoms with Crippen molar-refractivity contribution in [1.29, 1.82) is 0 Å². The summed E-state index contributed by atoms with van der Waals surface area (Å²) in [6.45, 7) is 1.92. The predicted octanol–water partition coefficient (Wildman–Crippen LogP) is 1.56. The van der Waals surface area contributed by atoms with Gasteiger partial charge in [0.25, 0.3) is 5.91 Å². The highest BCUT2D eigenvalue weighted by atomic mass is 16.1. The first-order valence-electron chi connectivity index (χ1n) is 5.22. The summed E-state index contributed by atoms with van der Waals surface area (Å²) in [7, 11) is 1.76. The molecule has 5 nitrogen and oxygen atoms in total. The lowest BCUT2D eigenvalue weighted by Gasteiger charge is -2.06. The Balaban J connectivity index is 2.15. The van der Waals surface area contributed by atoms with Crippen molar-refractivity contribution < 1.29 is 4.79 Å². The molecule has 17 heavy (non-hydrogen) atoms. The Labute approximate surface area is 99.2 Å². The highest BCUT2D eigenvalue weighted by molar-refractivity contribution is 6.04. The fourth-order valence-electron chi connectivity index (χ4n) is 1.46. The van der Waals surface area contributed by atoms with Gasteiger partial charge in [-0.05, 0) is 24.6 Å². The molecule has 1 heterocycles. The molecule has 2 rings (SSSR count). The number of nitrogen functional groups attached to an aromatic ring is 1. The van der Waals surface area contributed by atoms with Gasteiger partial charge in [0.15, 0.2) is 0 Å². The van der Waals surface area contributed by atoms with Crippen LogP contribution in [-0.4, -0.2) is 15.7 Å². The number of hydrogen-bond acceptors (Lipinski definition) is 3. The van der Waals surface area contributed by atoms with Crippen molar-refractivity contribution in [1.82, 2.24) is 9.78 Å². The lowest BCUT2D eigenvalue weighted by atomic mass is 10.2. The Kier molecular flexibility index (Phi) is 2.82. The van der Waals surface area contributed by atoms with E-state index in [1.165, 1.54) is 6.20 Å². The van der Waals surface area contributed by atoms with E-state index in [4.69, 9.17) is 5.73 Å². The van der Waals surface area contributed by atoms with Gasteiger partial charge in [-0.15, -0.1) is 0 Å². The molecule has 88 valence electrons. The zero-order valence-electron chi connectivity index (χ0n) is 9.77. The average molecular weight is 230 g/mol. The molecule has 0 unspecified atom stereocenters. The number of aromatic nitrogens is 2. The number of nitrogens with zero attached hydrogens (tertiary/aromatic N) is 2. The van der Waals surface area contributed by atoms with E-state index < -0.39 is 0 Å². The molecule has 0 radical (unpaired) electrons. The van der Waals surface area contributed by atoms with Crippen LogP contribution in [0.3, 0.4) is 0 Å². The van der Waals surface area contributed by atoms with Gasteiger partial charge in [-0.1, -0.05) is 6.07 Å². The molecule has 3 N–H and O–H groups in total. The average Bonchev–Trinajstić information content (AvgIpc) is 2.70. The summed E-state index contributed by atoms with van der Waals surface area (Å²) in [5.74, 6) is -0.193. The van der Waals surface area contributed by atoms with Crippen LogP contribution in [0.4, 0.5) is 11.4 Å². The summed E-state index contributed by atoms with van der Waals surface area (Å²) >= 11 is 0. The fourth-order valence-corrected chi connectivity index (χ4v) is 1.46. The maximum Gasteiger partial charge on any atom is 0.258 e. The minimum Gasteiger partial charge on any atom is -0.398 e. The van der Waals surface area contributed by atoms with E-state index >= 15 is 0 Å². The van der Waals surface area contributed by atoms with E-state index in [0.29, 0.717) is 16.9 Å². The van der Waals surface area contributed by atoms with E-state index in [1.54, 1.807) is 24.0 Å². The molecule has 0 aliphatic rings. The molecule has 0 saturated heterocycles. The minimum absolute atomic E-state index is 0.193. The molecule has 0 fully saturated rings. The van der Waals surface area contributed by atoms with Crippen LogP contribution in [0.25, 0.3) is 0 Å². The van der Waals surface area contributed by atoms with Gasteiger partial charge in [0, 0.05) is 24.6 Å². The second-order valence-corrected chi connectivity index (χ2v) is 3.93. The molecule has 0 saturated carbocycles. The van der Waals surface area contributed by atoms with E-state index in [-0.39, 0.29) is 5.91 Å². The minimum atomic E-state index is -0.193. The molecule has 5 heteroatoms. The maximum atomic E-state index is 11.8. The van der Waals surface area contributed by atoms with Crippen LogP contribution in [0.15, 0.2) is 30.6 Å².